The van der Waals surface area contributed by atoms with Gasteiger partial charge in [-0.2, -0.15) is 0 Å². The van der Waals surface area contributed by atoms with Crippen molar-refractivity contribution in [3.8, 4) is 0 Å². The van der Waals surface area contributed by atoms with Gasteiger partial charge in [0.05, 0.1) is 5.52 Å². The highest BCUT2D eigenvalue weighted by molar-refractivity contribution is 5.93. The van der Waals surface area contributed by atoms with Gasteiger partial charge in [-0.05, 0) is 23.5 Å². The van der Waals surface area contributed by atoms with Crippen LogP contribution >= 0.6 is 0 Å². The van der Waals surface area contributed by atoms with Crippen molar-refractivity contribution in [2.75, 3.05) is 11.9 Å². The van der Waals surface area contributed by atoms with Crippen LogP contribution in [0.25, 0.3) is 10.9 Å². The summed E-state index contributed by atoms with van der Waals surface area (Å²) in [4.78, 5) is 19.3. The molecule has 0 spiro atoms. The number of fused-ring (bicyclic) bond motifs is 1. The molecule has 1 aromatic heterocycles. The summed E-state index contributed by atoms with van der Waals surface area (Å²) in [5.74, 6) is -0.305. The molecule has 0 aliphatic heterocycles. The number of benzene rings is 1. The molecule has 0 radical (unpaired) electrons. The van der Waals surface area contributed by atoms with Crippen LogP contribution in [-0.2, 0) is 0 Å². The van der Waals surface area contributed by atoms with Crippen LogP contribution in [0.4, 0.5) is 5.82 Å². The molecule has 112 valence electrons. The van der Waals surface area contributed by atoms with Gasteiger partial charge in [0, 0.05) is 11.9 Å². The average molecular weight is 287 g/mol. The van der Waals surface area contributed by atoms with Crippen LogP contribution in [-0.4, -0.2) is 27.6 Å². The number of para-hydroxylation sites is 1. The average Bonchev–Trinajstić information content (AvgIpc) is 2.42. The second kappa shape index (κ2) is 5.68. The topological polar surface area (TPSA) is 75.1 Å². The van der Waals surface area contributed by atoms with Gasteiger partial charge in [-0.15, -0.1) is 0 Å². The Morgan fingerprint density at radius 1 is 1.29 bits per heavy atom. The normalized spacial score (nSPS) is 13.1. The smallest absolute Gasteiger partial charge is 0.374 e. The predicted octanol–water partition coefficient (Wildman–Crippen LogP) is 3.42. The third-order valence-corrected chi connectivity index (χ3v) is 3.85. The standard InChI is InChI=1S/C16H21N3O2/c1-10(16(2,3)4)9-17-13-11-7-5-6-8-12(11)18-14(19-13)15(20)21/h5-8,10H,9H2,1-4H3,(H,20,21)(H,17,18,19). The van der Waals surface area contributed by atoms with E-state index in [4.69, 9.17) is 5.11 Å². The summed E-state index contributed by atoms with van der Waals surface area (Å²) in [5, 5.41) is 13.2. The van der Waals surface area contributed by atoms with E-state index in [1.54, 1.807) is 6.07 Å². The molecule has 0 amide bonds. The summed E-state index contributed by atoms with van der Waals surface area (Å²) in [6.07, 6.45) is 0. The number of rotatable bonds is 4. The summed E-state index contributed by atoms with van der Waals surface area (Å²) < 4.78 is 0. The molecule has 2 rings (SSSR count). The second-order valence-electron chi connectivity index (χ2n) is 6.37. The Morgan fingerprint density at radius 2 is 1.95 bits per heavy atom. The Kier molecular flexibility index (Phi) is 4.11. The minimum atomic E-state index is -1.12. The van der Waals surface area contributed by atoms with Crippen molar-refractivity contribution in [3.05, 3.63) is 30.1 Å². The van der Waals surface area contributed by atoms with Crippen LogP contribution in [0.5, 0.6) is 0 Å². The van der Waals surface area contributed by atoms with Crippen LogP contribution in [0.3, 0.4) is 0 Å². The lowest BCUT2D eigenvalue weighted by Gasteiger charge is -2.27. The van der Waals surface area contributed by atoms with E-state index in [2.05, 4.69) is 43.0 Å². The van der Waals surface area contributed by atoms with Crippen molar-refractivity contribution < 1.29 is 9.90 Å². The highest BCUT2D eigenvalue weighted by atomic mass is 16.4. The second-order valence-corrected chi connectivity index (χ2v) is 6.37. The monoisotopic (exact) mass is 287 g/mol. The van der Waals surface area contributed by atoms with E-state index >= 15 is 0 Å². The Morgan fingerprint density at radius 3 is 2.57 bits per heavy atom. The molecular formula is C16H21N3O2. The zero-order valence-corrected chi connectivity index (χ0v) is 12.8. The number of nitrogens with zero attached hydrogens (tertiary/aromatic N) is 2. The number of nitrogens with one attached hydrogen (secondary N) is 1. The van der Waals surface area contributed by atoms with Gasteiger partial charge in [0.2, 0.25) is 5.82 Å². The van der Waals surface area contributed by atoms with Crippen LogP contribution < -0.4 is 5.32 Å². The van der Waals surface area contributed by atoms with Crippen molar-refractivity contribution >= 4 is 22.7 Å². The Hall–Kier alpha value is -2.17. The molecule has 1 unspecified atom stereocenters. The minimum absolute atomic E-state index is 0.172. The Bertz CT molecular complexity index is 662. The highest BCUT2D eigenvalue weighted by Gasteiger charge is 2.20. The van der Waals surface area contributed by atoms with Gasteiger partial charge in [-0.3, -0.25) is 0 Å². The number of aromatic nitrogens is 2. The number of anilines is 1. The maximum absolute atomic E-state index is 11.1. The van der Waals surface area contributed by atoms with E-state index < -0.39 is 5.97 Å². The zero-order valence-electron chi connectivity index (χ0n) is 12.8. The molecule has 0 bridgehead atoms. The fourth-order valence-electron chi connectivity index (χ4n) is 1.86. The lowest BCUT2D eigenvalue weighted by Crippen LogP contribution is -2.25. The van der Waals surface area contributed by atoms with Gasteiger partial charge in [-0.1, -0.05) is 39.8 Å². The van der Waals surface area contributed by atoms with E-state index in [0.717, 1.165) is 11.9 Å². The van der Waals surface area contributed by atoms with Gasteiger partial charge in [0.25, 0.3) is 0 Å². The van der Waals surface area contributed by atoms with Crippen molar-refractivity contribution in [3.63, 3.8) is 0 Å². The third-order valence-electron chi connectivity index (χ3n) is 3.85. The van der Waals surface area contributed by atoms with E-state index in [9.17, 15) is 4.79 Å². The Balaban J connectivity index is 2.35. The number of hydrogen-bond donors (Lipinski definition) is 2. The van der Waals surface area contributed by atoms with Crippen molar-refractivity contribution in [2.45, 2.75) is 27.7 Å². The third kappa shape index (κ3) is 3.48. The van der Waals surface area contributed by atoms with Gasteiger partial charge in [-0.25, -0.2) is 14.8 Å². The van der Waals surface area contributed by atoms with Gasteiger partial charge >= 0.3 is 5.97 Å². The first-order chi connectivity index (χ1) is 9.79. The number of hydrogen-bond acceptors (Lipinski definition) is 4. The van der Waals surface area contributed by atoms with Crippen LogP contribution in [0.15, 0.2) is 24.3 Å². The molecule has 1 atom stereocenters. The van der Waals surface area contributed by atoms with Crippen LogP contribution in [0, 0.1) is 11.3 Å². The molecule has 1 aromatic carbocycles. The van der Waals surface area contributed by atoms with E-state index in [1.807, 2.05) is 18.2 Å². The summed E-state index contributed by atoms with van der Waals surface area (Å²) in [5.41, 5.74) is 0.807. The molecule has 0 aliphatic rings. The zero-order chi connectivity index (χ0) is 15.6. The van der Waals surface area contributed by atoms with Gasteiger partial charge in [0.1, 0.15) is 5.82 Å². The van der Waals surface area contributed by atoms with E-state index in [0.29, 0.717) is 17.3 Å². The van der Waals surface area contributed by atoms with Crippen molar-refractivity contribution in [1.82, 2.24) is 9.97 Å². The first-order valence-corrected chi connectivity index (χ1v) is 7.03. The molecule has 0 saturated heterocycles. The van der Waals surface area contributed by atoms with E-state index in [-0.39, 0.29) is 11.2 Å². The Labute approximate surface area is 124 Å². The maximum Gasteiger partial charge on any atom is 0.374 e. The lowest BCUT2D eigenvalue weighted by atomic mass is 9.82. The molecule has 2 aromatic rings. The largest absolute Gasteiger partial charge is 0.475 e. The van der Waals surface area contributed by atoms with Crippen molar-refractivity contribution in [1.29, 1.82) is 0 Å². The molecule has 5 heteroatoms. The summed E-state index contributed by atoms with van der Waals surface area (Å²) in [6, 6.07) is 7.42. The summed E-state index contributed by atoms with van der Waals surface area (Å²) in [6.45, 7) is 9.43. The van der Waals surface area contributed by atoms with Crippen LogP contribution in [0.2, 0.25) is 0 Å². The summed E-state index contributed by atoms with van der Waals surface area (Å²) in [7, 11) is 0. The predicted molar refractivity (Wildman–Crippen MR) is 83.6 cm³/mol. The molecule has 0 saturated carbocycles. The molecular weight excluding hydrogens is 266 g/mol. The molecule has 21 heavy (non-hydrogen) atoms. The number of aromatic carboxylic acids is 1. The maximum atomic E-state index is 11.1. The molecule has 1 heterocycles. The molecule has 2 N–H and O–H groups in total. The SMILES string of the molecule is CC(CNc1nc(C(=O)O)nc2ccccc12)C(C)(C)C. The molecule has 0 fully saturated rings. The van der Waals surface area contributed by atoms with Gasteiger partial charge in [0.15, 0.2) is 0 Å². The number of carbonyl (C=O) groups is 1. The van der Waals surface area contributed by atoms with E-state index in [1.165, 1.54) is 0 Å². The lowest BCUT2D eigenvalue weighted by molar-refractivity contribution is 0.0684. The molecule has 5 nitrogen and oxygen atoms in total. The first kappa shape index (κ1) is 15.2. The number of carboxylic acid groups (broad SMARTS) is 1. The fraction of sp³-hybridized carbons (Fsp3) is 0.438. The first-order valence-electron chi connectivity index (χ1n) is 7.03. The molecule has 0 aliphatic carbocycles. The summed E-state index contributed by atoms with van der Waals surface area (Å²) >= 11 is 0. The minimum Gasteiger partial charge on any atom is -0.475 e. The quantitative estimate of drug-likeness (QED) is 0.901. The highest BCUT2D eigenvalue weighted by Crippen LogP contribution is 2.26. The number of carboxylic acids is 1. The van der Waals surface area contributed by atoms with Crippen molar-refractivity contribution in [2.24, 2.45) is 11.3 Å². The van der Waals surface area contributed by atoms with Gasteiger partial charge < -0.3 is 10.4 Å². The fourth-order valence-corrected chi connectivity index (χ4v) is 1.86. The van der Waals surface area contributed by atoms with Crippen LogP contribution in [0.1, 0.15) is 38.3 Å².